The summed E-state index contributed by atoms with van der Waals surface area (Å²) in [5.74, 6) is -0.581. The van der Waals surface area contributed by atoms with Crippen molar-refractivity contribution in [1.82, 2.24) is 5.43 Å². The maximum absolute atomic E-state index is 10.3. The Bertz CT molecular complexity index is 222. The van der Waals surface area contributed by atoms with E-state index in [1.807, 2.05) is 0 Å². The predicted octanol–water partition coefficient (Wildman–Crippen LogP) is -0.441. The molecule has 0 radical (unpaired) electrons. The number of carbonyl (C=O) groups is 1. The highest BCUT2D eigenvalue weighted by molar-refractivity contribution is 5.90. The van der Waals surface area contributed by atoms with E-state index in [2.05, 4.69) is 10.5 Å². The topological polar surface area (TPSA) is 70.9 Å². The molecular weight excluding hydrogens is 148 g/mol. The summed E-state index contributed by atoms with van der Waals surface area (Å²) >= 11 is 0. The molecule has 1 atom stereocenters. The summed E-state index contributed by atoms with van der Waals surface area (Å²) < 4.78 is 4.73. The summed E-state index contributed by atoms with van der Waals surface area (Å²) in [5.41, 5.74) is 2.40. The zero-order valence-corrected chi connectivity index (χ0v) is 5.94. The molecule has 0 aromatic carbocycles. The molecule has 1 aliphatic rings. The van der Waals surface area contributed by atoms with Crippen molar-refractivity contribution in [2.24, 2.45) is 5.10 Å². The highest BCUT2D eigenvalue weighted by Gasteiger charge is 2.15. The molecule has 0 fully saturated rings. The summed E-state index contributed by atoms with van der Waals surface area (Å²) in [7, 11) is 1.46. The molecule has 0 bridgehead atoms. The second-order valence-corrected chi connectivity index (χ2v) is 1.96. The van der Waals surface area contributed by atoms with Gasteiger partial charge in [0.25, 0.3) is 0 Å². The van der Waals surface area contributed by atoms with Gasteiger partial charge < -0.3 is 9.84 Å². The fourth-order valence-corrected chi connectivity index (χ4v) is 0.643. The molecule has 1 heterocycles. The monoisotopic (exact) mass is 156 g/mol. The molecule has 0 aromatic rings. The summed E-state index contributed by atoms with van der Waals surface area (Å²) in [4.78, 5) is 10.3. The number of nitrogens with one attached hydrogen (secondary N) is 1. The largest absolute Gasteiger partial charge is 0.480 e. The summed E-state index contributed by atoms with van der Waals surface area (Å²) in [5, 5.41) is 12.1. The van der Waals surface area contributed by atoms with Crippen LogP contribution in [0.1, 0.15) is 0 Å². The number of hydrogen-bond donors (Lipinski definition) is 2. The van der Waals surface area contributed by atoms with Crippen molar-refractivity contribution in [1.29, 1.82) is 0 Å². The molecule has 5 nitrogen and oxygen atoms in total. The third kappa shape index (κ3) is 1.70. The molecule has 0 saturated heterocycles. The van der Waals surface area contributed by atoms with Gasteiger partial charge in [-0.15, -0.1) is 5.10 Å². The first-order chi connectivity index (χ1) is 5.24. The van der Waals surface area contributed by atoms with E-state index in [1.165, 1.54) is 19.3 Å². The molecule has 60 valence electrons. The van der Waals surface area contributed by atoms with Crippen molar-refractivity contribution in [2.45, 2.75) is 6.04 Å². The zero-order chi connectivity index (χ0) is 8.27. The summed E-state index contributed by atoms with van der Waals surface area (Å²) in [6.07, 6.45) is 2.98. The van der Waals surface area contributed by atoms with E-state index in [9.17, 15) is 4.79 Å². The van der Waals surface area contributed by atoms with Crippen molar-refractivity contribution < 1.29 is 14.6 Å². The fourth-order valence-electron chi connectivity index (χ4n) is 0.643. The Hall–Kier alpha value is -1.52. The molecule has 0 aliphatic carbocycles. The van der Waals surface area contributed by atoms with E-state index in [4.69, 9.17) is 9.84 Å². The van der Waals surface area contributed by atoms with Crippen LogP contribution >= 0.6 is 0 Å². The SMILES string of the molecule is COC1=NNC(C(=O)O)C=C1. The van der Waals surface area contributed by atoms with Gasteiger partial charge >= 0.3 is 5.97 Å². The molecule has 0 saturated carbocycles. The number of ether oxygens (including phenoxy) is 1. The third-order valence-electron chi connectivity index (χ3n) is 1.22. The second-order valence-electron chi connectivity index (χ2n) is 1.96. The van der Waals surface area contributed by atoms with Crippen LogP contribution in [0.25, 0.3) is 0 Å². The van der Waals surface area contributed by atoms with Crippen LogP contribution in [0, 0.1) is 0 Å². The summed E-state index contributed by atoms with van der Waals surface area (Å²) in [6, 6.07) is -0.742. The lowest BCUT2D eigenvalue weighted by Gasteiger charge is -2.11. The first-order valence-corrected chi connectivity index (χ1v) is 3.02. The van der Waals surface area contributed by atoms with Crippen molar-refractivity contribution >= 4 is 11.9 Å². The van der Waals surface area contributed by atoms with Gasteiger partial charge in [0.2, 0.25) is 5.90 Å². The lowest BCUT2D eigenvalue weighted by molar-refractivity contribution is -0.138. The van der Waals surface area contributed by atoms with Gasteiger partial charge in [-0.05, 0) is 6.08 Å². The Balaban J connectivity index is 2.57. The first-order valence-electron chi connectivity index (χ1n) is 3.02. The van der Waals surface area contributed by atoms with Gasteiger partial charge in [-0.25, -0.2) is 4.79 Å². The maximum Gasteiger partial charge on any atom is 0.331 e. The summed E-state index contributed by atoms with van der Waals surface area (Å²) in [6.45, 7) is 0. The average molecular weight is 156 g/mol. The van der Waals surface area contributed by atoms with Crippen molar-refractivity contribution in [3.05, 3.63) is 12.2 Å². The Labute approximate surface area is 63.4 Å². The van der Waals surface area contributed by atoms with Gasteiger partial charge in [0.1, 0.15) is 0 Å². The minimum absolute atomic E-state index is 0.377. The van der Waals surface area contributed by atoms with Crippen LogP contribution < -0.4 is 5.43 Å². The molecule has 5 heteroatoms. The molecule has 11 heavy (non-hydrogen) atoms. The number of rotatable bonds is 1. The number of hydrazone groups is 1. The lowest BCUT2D eigenvalue weighted by Crippen LogP contribution is -2.34. The number of hydrogen-bond acceptors (Lipinski definition) is 4. The van der Waals surface area contributed by atoms with Gasteiger partial charge in [-0.3, -0.25) is 5.43 Å². The van der Waals surface area contributed by atoms with Crippen LogP contribution in [0.2, 0.25) is 0 Å². The van der Waals surface area contributed by atoms with E-state index in [-0.39, 0.29) is 0 Å². The number of carboxylic acid groups (broad SMARTS) is 1. The Morgan fingerprint density at radius 1 is 1.91 bits per heavy atom. The Kier molecular flexibility index (Phi) is 2.10. The number of aliphatic carboxylic acids is 1. The zero-order valence-electron chi connectivity index (χ0n) is 5.94. The average Bonchev–Trinajstić information content (AvgIpc) is 2.05. The van der Waals surface area contributed by atoms with Gasteiger partial charge in [0.15, 0.2) is 6.04 Å². The molecule has 0 spiro atoms. The molecule has 1 aliphatic heterocycles. The Morgan fingerprint density at radius 3 is 3.00 bits per heavy atom. The quantitative estimate of drug-likeness (QED) is 0.539. The highest BCUT2D eigenvalue weighted by Crippen LogP contribution is 1.95. The minimum atomic E-state index is -0.958. The van der Waals surface area contributed by atoms with Crippen LogP contribution in [-0.2, 0) is 9.53 Å². The first kappa shape index (κ1) is 7.59. The molecule has 1 rings (SSSR count). The molecular formula is C6H8N2O3. The van der Waals surface area contributed by atoms with E-state index in [0.29, 0.717) is 5.90 Å². The van der Waals surface area contributed by atoms with E-state index in [1.54, 1.807) is 0 Å². The van der Waals surface area contributed by atoms with Gasteiger partial charge in [-0.1, -0.05) is 0 Å². The molecule has 0 amide bonds. The Morgan fingerprint density at radius 2 is 2.64 bits per heavy atom. The van der Waals surface area contributed by atoms with Crippen molar-refractivity contribution in [2.75, 3.05) is 7.11 Å². The smallest absolute Gasteiger partial charge is 0.331 e. The standard InChI is InChI=1S/C6H8N2O3/c1-11-5-3-2-4(6(9)10)7-8-5/h2-4,7H,1H3,(H,9,10). The van der Waals surface area contributed by atoms with Gasteiger partial charge in [0.05, 0.1) is 7.11 Å². The highest BCUT2D eigenvalue weighted by atomic mass is 16.5. The minimum Gasteiger partial charge on any atom is -0.480 e. The van der Waals surface area contributed by atoms with Crippen LogP contribution in [0.15, 0.2) is 17.3 Å². The normalized spacial score (nSPS) is 21.9. The second kappa shape index (κ2) is 3.05. The van der Waals surface area contributed by atoms with Crippen LogP contribution in [0.4, 0.5) is 0 Å². The van der Waals surface area contributed by atoms with Crippen molar-refractivity contribution in [3.8, 4) is 0 Å². The number of carboxylic acids is 1. The van der Waals surface area contributed by atoms with E-state index < -0.39 is 12.0 Å². The molecule has 1 unspecified atom stereocenters. The van der Waals surface area contributed by atoms with Gasteiger partial charge in [0, 0.05) is 6.08 Å². The van der Waals surface area contributed by atoms with Crippen LogP contribution in [0.5, 0.6) is 0 Å². The van der Waals surface area contributed by atoms with Crippen molar-refractivity contribution in [3.63, 3.8) is 0 Å². The fraction of sp³-hybridized carbons (Fsp3) is 0.333. The van der Waals surface area contributed by atoms with Gasteiger partial charge in [-0.2, -0.15) is 0 Å². The molecule has 0 aromatic heterocycles. The lowest BCUT2D eigenvalue weighted by atomic mass is 10.2. The van der Waals surface area contributed by atoms with E-state index >= 15 is 0 Å². The molecule has 2 N–H and O–H groups in total. The third-order valence-corrected chi connectivity index (χ3v) is 1.22. The van der Waals surface area contributed by atoms with Crippen LogP contribution in [0.3, 0.4) is 0 Å². The predicted molar refractivity (Wildman–Crippen MR) is 38.1 cm³/mol. The maximum atomic E-state index is 10.3. The van der Waals surface area contributed by atoms with E-state index in [0.717, 1.165) is 0 Å². The number of methoxy groups -OCH3 is 1. The number of nitrogens with zero attached hydrogens (tertiary/aromatic N) is 1. The van der Waals surface area contributed by atoms with Crippen LogP contribution in [-0.4, -0.2) is 30.1 Å².